The van der Waals surface area contributed by atoms with Gasteiger partial charge in [-0.1, -0.05) is 27.2 Å². The summed E-state index contributed by atoms with van der Waals surface area (Å²) < 4.78 is 12.2. The Morgan fingerprint density at radius 3 is 2.44 bits per heavy atom. The van der Waals surface area contributed by atoms with Crippen LogP contribution in [-0.2, 0) is 30.2 Å². The molecule has 3 rings (SSSR count). The average Bonchev–Trinajstić information content (AvgIpc) is 2.78. The number of esters is 1. The second kappa shape index (κ2) is 10.8. The van der Waals surface area contributed by atoms with Gasteiger partial charge < -0.3 is 14.1 Å². The number of nitrogens with zero attached hydrogens (tertiary/aromatic N) is 2. The molecule has 0 radical (unpaired) electrons. The van der Waals surface area contributed by atoms with Crippen LogP contribution >= 0.6 is 0 Å². The lowest BCUT2D eigenvalue weighted by Crippen LogP contribution is -2.46. The van der Waals surface area contributed by atoms with Gasteiger partial charge in [0, 0.05) is 36.9 Å². The minimum absolute atomic E-state index is 0.00410. The van der Waals surface area contributed by atoms with Gasteiger partial charge in [0.05, 0.1) is 11.0 Å². The normalized spacial score (nSPS) is 19.6. The van der Waals surface area contributed by atoms with Gasteiger partial charge in [-0.25, -0.2) is 0 Å². The standard InChI is InChI=1S/C26H38N2O7Si/c1-17(35-36(5,6)26(2,3)4)24-18(16-34-23(31)15-27-14-13-22(27)30)11-12-20(28(32)33)25(24)19-9-7-8-10-21(19)29/h11-12,17,19H,7-10,13-16H2,1-6H3/t17-,19?/m1/s1. The Kier molecular flexibility index (Phi) is 8.39. The second-order valence-electron chi connectivity index (χ2n) is 11.3. The van der Waals surface area contributed by atoms with E-state index < -0.39 is 31.2 Å². The van der Waals surface area contributed by atoms with Crippen molar-refractivity contribution in [3.63, 3.8) is 0 Å². The molecule has 0 bridgehead atoms. The van der Waals surface area contributed by atoms with E-state index in [9.17, 15) is 24.5 Å². The lowest BCUT2D eigenvalue weighted by Gasteiger charge is -2.39. The number of rotatable bonds is 9. The molecule has 0 N–H and O–H groups in total. The summed E-state index contributed by atoms with van der Waals surface area (Å²) in [6.07, 6.45) is 2.41. The summed E-state index contributed by atoms with van der Waals surface area (Å²) >= 11 is 0. The number of benzene rings is 1. The van der Waals surface area contributed by atoms with Crippen molar-refractivity contribution in [2.45, 2.75) is 96.6 Å². The maximum absolute atomic E-state index is 13.0. The zero-order valence-corrected chi connectivity index (χ0v) is 23.2. The van der Waals surface area contributed by atoms with Crippen LogP contribution in [0.3, 0.4) is 0 Å². The van der Waals surface area contributed by atoms with Crippen LogP contribution in [0.4, 0.5) is 5.69 Å². The predicted octanol–water partition coefficient (Wildman–Crippen LogP) is 5.18. The number of amides is 1. The Balaban J connectivity index is 2.03. The topological polar surface area (TPSA) is 116 Å². The van der Waals surface area contributed by atoms with Crippen molar-refractivity contribution in [3.8, 4) is 0 Å². The molecule has 2 aliphatic rings. The molecule has 2 atom stereocenters. The number of β-lactam (4-membered cyclic amide) rings is 1. The number of carbonyl (C=O) groups excluding carboxylic acids is 3. The van der Waals surface area contributed by atoms with Crippen molar-refractivity contribution in [1.82, 2.24) is 4.90 Å². The maximum atomic E-state index is 13.0. The van der Waals surface area contributed by atoms with Gasteiger partial charge in [0.25, 0.3) is 5.69 Å². The quantitative estimate of drug-likeness (QED) is 0.145. The number of Topliss-reactive ketones (excluding diaryl/α,β-unsaturated/α-hetero) is 1. The van der Waals surface area contributed by atoms with E-state index in [1.54, 1.807) is 6.07 Å². The summed E-state index contributed by atoms with van der Waals surface area (Å²) in [6, 6.07) is 3.00. The van der Waals surface area contributed by atoms with Gasteiger partial charge in [-0.15, -0.1) is 0 Å². The van der Waals surface area contributed by atoms with Crippen LogP contribution in [0.15, 0.2) is 12.1 Å². The zero-order valence-electron chi connectivity index (χ0n) is 22.2. The number of carbonyl (C=O) groups is 3. The minimum atomic E-state index is -2.29. The molecule has 198 valence electrons. The highest BCUT2D eigenvalue weighted by Gasteiger charge is 2.41. The van der Waals surface area contributed by atoms with Gasteiger partial charge in [-0.2, -0.15) is 0 Å². The van der Waals surface area contributed by atoms with Crippen molar-refractivity contribution >= 4 is 31.7 Å². The smallest absolute Gasteiger partial charge is 0.325 e. The molecule has 1 saturated carbocycles. The van der Waals surface area contributed by atoms with E-state index >= 15 is 0 Å². The van der Waals surface area contributed by atoms with Gasteiger partial charge in [0.2, 0.25) is 5.91 Å². The lowest BCUT2D eigenvalue weighted by atomic mass is 9.78. The highest BCUT2D eigenvalue weighted by atomic mass is 28.4. The first-order valence-corrected chi connectivity index (χ1v) is 15.6. The molecule has 1 aliphatic carbocycles. The fourth-order valence-electron chi connectivity index (χ4n) is 4.66. The van der Waals surface area contributed by atoms with Crippen molar-refractivity contribution in [2.24, 2.45) is 0 Å². The zero-order chi connectivity index (χ0) is 26.8. The Morgan fingerprint density at radius 1 is 1.22 bits per heavy atom. The van der Waals surface area contributed by atoms with E-state index in [4.69, 9.17) is 9.16 Å². The summed E-state index contributed by atoms with van der Waals surface area (Å²) in [5, 5.41) is 12.0. The number of ketones is 1. The molecule has 10 heteroatoms. The van der Waals surface area contributed by atoms with Crippen LogP contribution in [0.5, 0.6) is 0 Å². The molecule has 9 nitrogen and oxygen atoms in total. The Bertz CT molecular complexity index is 1050. The fourth-order valence-corrected chi connectivity index (χ4v) is 6.01. The van der Waals surface area contributed by atoms with Gasteiger partial charge in [-0.05, 0) is 55.1 Å². The predicted molar refractivity (Wildman–Crippen MR) is 137 cm³/mol. The SMILES string of the molecule is C[C@@H](O[Si](C)(C)C(C)(C)C)c1c(COC(=O)CN2CCC2=O)ccc([N+](=O)[O-])c1C1CCCCC1=O. The number of hydrogen-bond donors (Lipinski definition) is 0. The summed E-state index contributed by atoms with van der Waals surface area (Å²) in [6.45, 7) is 12.7. The Labute approximate surface area is 213 Å². The number of nitro benzene ring substituents is 1. The van der Waals surface area contributed by atoms with E-state index in [1.807, 2.05) is 6.92 Å². The molecular weight excluding hydrogens is 480 g/mol. The molecule has 0 aromatic heterocycles. The van der Waals surface area contributed by atoms with Gasteiger partial charge in [-0.3, -0.25) is 24.5 Å². The summed E-state index contributed by atoms with van der Waals surface area (Å²) in [4.78, 5) is 50.0. The van der Waals surface area contributed by atoms with Crippen LogP contribution in [-0.4, -0.2) is 48.9 Å². The molecule has 1 heterocycles. The minimum Gasteiger partial charge on any atom is -0.459 e. The lowest BCUT2D eigenvalue weighted by molar-refractivity contribution is -0.385. The highest BCUT2D eigenvalue weighted by Crippen LogP contribution is 2.45. The van der Waals surface area contributed by atoms with Crippen LogP contribution in [0.1, 0.15) is 88.5 Å². The summed E-state index contributed by atoms with van der Waals surface area (Å²) in [7, 11) is -2.29. The molecule has 1 unspecified atom stereocenters. The highest BCUT2D eigenvalue weighted by molar-refractivity contribution is 6.74. The molecule has 2 fully saturated rings. The third-order valence-electron chi connectivity index (χ3n) is 7.80. The largest absolute Gasteiger partial charge is 0.459 e. The van der Waals surface area contributed by atoms with Crippen molar-refractivity contribution < 1.29 is 28.5 Å². The number of hydrogen-bond acceptors (Lipinski definition) is 7. The van der Waals surface area contributed by atoms with E-state index in [0.29, 0.717) is 42.5 Å². The number of ether oxygens (including phenoxy) is 1. The van der Waals surface area contributed by atoms with E-state index in [0.717, 1.165) is 12.8 Å². The molecule has 1 aromatic rings. The second-order valence-corrected chi connectivity index (χ2v) is 16.1. The molecule has 1 aliphatic heterocycles. The third kappa shape index (κ3) is 6.03. The molecule has 1 aromatic carbocycles. The van der Waals surface area contributed by atoms with E-state index in [2.05, 4.69) is 33.9 Å². The van der Waals surface area contributed by atoms with Crippen molar-refractivity contribution in [1.29, 1.82) is 0 Å². The van der Waals surface area contributed by atoms with Gasteiger partial charge in [0.1, 0.15) is 18.9 Å². The van der Waals surface area contributed by atoms with Crippen molar-refractivity contribution in [3.05, 3.63) is 38.9 Å². The van der Waals surface area contributed by atoms with Crippen molar-refractivity contribution in [2.75, 3.05) is 13.1 Å². The van der Waals surface area contributed by atoms with E-state index in [-0.39, 0.29) is 35.6 Å². The number of nitro groups is 1. The first-order valence-electron chi connectivity index (χ1n) is 12.7. The monoisotopic (exact) mass is 518 g/mol. The molecule has 0 spiro atoms. The first-order chi connectivity index (χ1) is 16.7. The summed E-state index contributed by atoms with van der Waals surface area (Å²) in [5.41, 5.74) is 1.45. The fraction of sp³-hybridized carbons (Fsp3) is 0.654. The maximum Gasteiger partial charge on any atom is 0.325 e. The molecule has 1 saturated heterocycles. The van der Waals surface area contributed by atoms with Crippen LogP contribution < -0.4 is 0 Å². The van der Waals surface area contributed by atoms with Gasteiger partial charge >= 0.3 is 5.97 Å². The van der Waals surface area contributed by atoms with E-state index in [1.165, 1.54) is 11.0 Å². The molecular formula is C26H38N2O7Si. The third-order valence-corrected chi connectivity index (χ3v) is 12.4. The van der Waals surface area contributed by atoms with Crippen LogP contribution in [0.25, 0.3) is 0 Å². The number of likely N-dealkylation sites (tertiary alicyclic amines) is 1. The van der Waals surface area contributed by atoms with Crippen LogP contribution in [0, 0.1) is 10.1 Å². The summed E-state index contributed by atoms with van der Waals surface area (Å²) in [5.74, 6) is -1.22. The Morgan fingerprint density at radius 2 is 1.92 bits per heavy atom. The molecule has 1 amide bonds. The first kappa shape index (κ1) is 28.0. The average molecular weight is 519 g/mol. The van der Waals surface area contributed by atoms with Crippen LogP contribution in [0.2, 0.25) is 18.1 Å². The van der Waals surface area contributed by atoms with Gasteiger partial charge in [0.15, 0.2) is 8.32 Å². The molecule has 36 heavy (non-hydrogen) atoms. The Hall–Kier alpha value is -2.59.